The molecule has 0 atom stereocenters. The van der Waals surface area contributed by atoms with Gasteiger partial charge in [0.25, 0.3) is 5.91 Å². The van der Waals surface area contributed by atoms with Crippen molar-refractivity contribution in [3.8, 4) is 12.3 Å². The monoisotopic (exact) mass is 205 g/mol. The number of aryl methyl sites for hydroxylation is 2. The number of terminal acetylenes is 1. The van der Waals surface area contributed by atoms with Crippen LogP contribution in [0, 0.1) is 26.2 Å². The van der Waals surface area contributed by atoms with Crippen LogP contribution in [0.1, 0.15) is 28.7 Å². The summed E-state index contributed by atoms with van der Waals surface area (Å²) in [7, 11) is 0. The number of hydrogen-bond donors (Lipinski definition) is 1. The summed E-state index contributed by atoms with van der Waals surface area (Å²) in [5, 5.41) is 6.90. The Morgan fingerprint density at radius 1 is 1.60 bits per heavy atom. The van der Waals surface area contributed by atoms with Crippen molar-refractivity contribution in [1.29, 1.82) is 0 Å². The molecule has 0 fully saturated rings. The topological polar surface area (TPSA) is 46.9 Å². The minimum Gasteiger partial charge on any atom is -0.341 e. The number of nitrogens with one attached hydrogen (secondary N) is 1. The molecule has 1 amide bonds. The molecular formula is C11H15N3O. The lowest BCUT2D eigenvalue weighted by Gasteiger charge is -2.02. The van der Waals surface area contributed by atoms with Crippen LogP contribution in [0.15, 0.2) is 0 Å². The van der Waals surface area contributed by atoms with Gasteiger partial charge >= 0.3 is 0 Å². The van der Waals surface area contributed by atoms with E-state index in [4.69, 9.17) is 6.42 Å². The highest BCUT2D eigenvalue weighted by molar-refractivity contribution is 5.96. The van der Waals surface area contributed by atoms with Gasteiger partial charge in [-0.3, -0.25) is 9.48 Å². The zero-order valence-electron chi connectivity index (χ0n) is 9.29. The van der Waals surface area contributed by atoms with Crippen molar-refractivity contribution in [1.82, 2.24) is 15.1 Å². The normalized spacial score (nSPS) is 9.73. The highest BCUT2D eigenvalue weighted by atomic mass is 16.1. The molecule has 1 rings (SSSR count). The Labute approximate surface area is 89.7 Å². The summed E-state index contributed by atoms with van der Waals surface area (Å²) in [6, 6.07) is 0. The van der Waals surface area contributed by atoms with E-state index in [1.165, 1.54) is 0 Å². The lowest BCUT2D eigenvalue weighted by atomic mass is 10.2. The fraction of sp³-hybridized carbons (Fsp3) is 0.455. The van der Waals surface area contributed by atoms with E-state index in [9.17, 15) is 4.79 Å². The van der Waals surface area contributed by atoms with Crippen LogP contribution in [-0.2, 0) is 6.54 Å². The minimum atomic E-state index is -0.150. The Hall–Kier alpha value is -1.76. The number of hydrogen-bond acceptors (Lipinski definition) is 2. The Bertz CT molecular complexity index is 412. The van der Waals surface area contributed by atoms with Crippen molar-refractivity contribution < 1.29 is 4.79 Å². The first kappa shape index (κ1) is 11.3. The third-order valence-corrected chi connectivity index (χ3v) is 2.26. The second-order valence-corrected chi connectivity index (χ2v) is 3.25. The van der Waals surface area contributed by atoms with Gasteiger partial charge in [-0.25, -0.2) is 0 Å². The molecule has 80 valence electrons. The Kier molecular flexibility index (Phi) is 3.51. The minimum absolute atomic E-state index is 0.150. The van der Waals surface area contributed by atoms with Crippen molar-refractivity contribution in [2.75, 3.05) is 6.54 Å². The zero-order chi connectivity index (χ0) is 11.4. The van der Waals surface area contributed by atoms with Crippen LogP contribution in [-0.4, -0.2) is 22.2 Å². The molecule has 1 aromatic rings. The number of amides is 1. The van der Waals surface area contributed by atoms with E-state index < -0.39 is 0 Å². The van der Waals surface area contributed by atoms with Crippen molar-refractivity contribution in [2.45, 2.75) is 27.3 Å². The first-order chi connectivity index (χ1) is 7.11. The van der Waals surface area contributed by atoms with Crippen molar-refractivity contribution >= 4 is 5.91 Å². The number of rotatable bonds is 3. The summed E-state index contributed by atoms with van der Waals surface area (Å²) >= 11 is 0. The highest BCUT2D eigenvalue weighted by Gasteiger charge is 2.16. The maximum atomic E-state index is 11.7. The molecule has 4 nitrogen and oxygen atoms in total. The predicted molar refractivity (Wildman–Crippen MR) is 58.5 cm³/mol. The fourth-order valence-corrected chi connectivity index (χ4v) is 1.55. The third kappa shape index (κ3) is 2.18. The van der Waals surface area contributed by atoms with E-state index in [0.717, 1.165) is 17.9 Å². The van der Waals surface area contributed by atoms with E-state index in [2.05, 4.69) is 16.3 Å². The van der Waals surface area contributed by atoms with Gasteiger partial charge in [-0.05, 0) is 20.8 Å². The van der Waals surface area contributed by atoms with Crippen LogP contribution in [0.4, 0.5) is 0 Å². The quantitative estimate of drug-likeness (QED) is 0.745. The molecule has 4 heteroatoms. The Morgan fingerprint density at radius 3 is 2.73 bits per heavy atom. The molecule has 1 N–H and O–H groups in total. The smallest absolute Gasteiger partial charge is 0.255 e. The van der Waals surface area contributed by atoms with Gasteiger partial charge < -0.3 is 5.32 Å². The number of carbonyl (C=O) groups is 1. The summed E-state index contributed by atoms with van der Waals surface area (Å²) in [4.78, 5) is 11.7. The molecule has 0 aliphatic heterocycles. The standard InChI is InChI=1S/C11H15N3O/c1-5-7-12-11(15)10-8(3)13-14(6-2)9(10)4/h1H,6-7H2,2-4H3,(H,12,15). The molecule has 0 radical (unpaired) electrons. The van der Waals surface area contributed by atoms with Gasteiger partial charge in [-0.2, -0.15) is 5.10 Å². The van der Waals surface area contributed by atoms with Crippen LogP contribution >= 0.6 is 0 Å². The Balaban J connectivity index is 2.99. The molecule has 0 bridgehead atoms. The largest absolute Gasteiger partial charge is 0.341 e. The lowest BCUT2D eigenvalue weighted by molar-refractivity contribution is 0.0957. The maximum Gasteiger partial charge on any atom is 0.255 e. The molecule has 0 aliphatic rings. The molecular weight excluding hydrogens is 190 g/mol. The molecule has 0 unspecified atom stereocenters. The van der Waals surface area contributed by atoms with Crippen LogP contribution in [0.25, 0.3) is 0 Å². The third-order valence-electron chi connectivity index (χ3n) is 2.26. The summed E-state index contributed by atoms with van der Waals surface area (Å²) < 4.78 is 1.81. The summed E-state index contributed by atoms with van der Waals surface area (Å²) in [5.74, 6) is 2.22. The van der Waals surface area contributed by atoms with E-state index >= 15 is 0 Å². The van der Waals surface area contributed by atoms with Gasteiger partial charge in [0, 0.05) is 12.2 Å². The van der Waals surface area contributed by atoms with Crippen molar-refractivity contribution in [3.63, 3.8) is 0 Å². The summed E-state index contributed by atoms with van der Waals surface area (Å²) in [6.45, 7) is 6.70. The maximum absolute atomic E-state index is 11.7. The van der Waals surface area contributed by atoms with Crippen LogP contribution in [0.5, 0.6) is 0 Å². The van der Waals surface area contributed by atoms with Crippen LogP contribution < -0.4 is 5.32 Å². The second kappa shape index (κ2) is 4.65. The molecule has 0 spiro atoms. The fourth-order valence-electron chi connectivity index (χ4n) is 1.55. The van der Waals surface area contributed by atoms with E-state index in [0.29, 0.717) is 5.56 Å². The van der Waals surface area contributed by atoms with E-state index in [-0.39, 0.29) is 12.5 Å². The first-order valence-electron chi connectivity index (χ1n) is 4.87. The van der Waals surface area contributed by atoms with Gasteiger partial charge in [0.15, 0.2) is 0 Å². The summed E-state index contributed by atoms with van der Waals surface area (Å²) in [6.07, 6.45) is 5.08. The molecule has 15 heavy (non-hydrogen) atoms. The van der Waals surface area contributed by atoms with Gasteiger partial charge in [0.05, 0.1) is 17.8 Å². The average molecular weight is 205 g/mol. The molecule has 1 heterocycles. The predicted octanol–water partition coefficient (Wildman–Crippen LogP) is 0.883. The van der Waals surface area contributed by atoms with Crippen LogP contribution in [0.2, 0.25) is 0 Å². The molecule has 1 aromatic heterocycles. The number of aromatic nitrogens is 2. The van der Waals surface area contributed by atoms with Gasteiger partial charge in [-0.15, -0.1) is 6.42 Å². The highest BCUT2D eigenvalue weighted by Crippen LogP contribution is 2.12. The second-order valence-electron chi connectivity index (χ2n) is 3.25. The number of carbonyl (C=O) groups excluding carboxylic acids is 1. The van der Waals surface area contributed by atoms with Gasteiger partial charge in [-0.1, -0.05) is 5.92 Å². The lowest BCUT2D eigenvalue weighted by Crippen LogP contribution is -2.24. The zero-order valence-corrected chi connectivity index (χ0v) is 9.29. The molecule has 0 aromatic carbocycles. The van der Waals surface area contributed by atoms with E-state index in [1.807, 2.05) is 20.8 Å². The Morgan fingerprint density at radius 2 is 2.27 bits per heavy atom. The summed E-state index contributed by atoms with van der Waals surface area (Å²) in [5.41, 5.74) is 2.25. The van der Waals surface area contributed by atoms with Gasteiger partial charge in [0.2, 0.25) is 0 Å². The van der Waals surface area contributed by atoms with Gasteiger partial charge in [0.1, 0.15) is 0 Å². The molecule has 0 aliphatic carbocycles. The first-order valence-corrected chi connectivity index (χ1v) is 4.87. The van der Waals surface area contributed by atoms with E-state index in [1.54, 1.807) is 4.68 Å². The molecule has 0 saturated carbocycles. The van der Waals surface area contributed by atoms with Crippen molar-refractivity contribution in [3.05, 3.63) is 17.0 Å². The average Bonchev–Trinajstić information content (AvgIpc) is 2.50. The SMILES string of the molecule is C#CCNC(=O)c1c(C)nn(CC)c1C. The molecule has 0 saturated heterocycles. The number of nitrogens with zero attached hydrogens (tertiary/aromatic N) is 2. The van der Waals surface area contributed by atoms with Crippen molar-refractivity contribution in [2.24, 2.45) is 0 Å². The van der Waals surface area contributed by atoms with Crippen LogP contribution in [0.3, 0.4) is 0 Å².